The molecule has 0 aliphatic rings. The number of Topliss-reactive ketones (excluding diaryl/α,β-unsaturated/α-hetero) is 1. The predicted molar refractivity (Wildman–Crippen MR) is 107 cm³/mol. The molecule has 1 N–H and O–H groups in total. The van der Waals surface area contributed by atoms with Gasteiger partial charge in [-0.25, -0.2) is 0 Å². The van der Waals surface area contributed by atoms with Crippen molar-refractivity contribution in [2.24, 2.45) is 0 Å². The number of hydrogen-bond acceptors (Lipinski definition) is 2. The lowest BCUT2D eigenvalue weighted by molar-refractivity contribution is 0.0976. The Balaban J connectivity index is 1.78. The van der Waals surface area contributed by atoms with Gasteiger partial charge in [0, 0.05) is 22.2 Å². The molecule has 2 aromatic carbocycles. The van der Waals surface area contributed by atoms with Gasteiger partial charge < -0.3 is 5.11 Å². The Hall–Kier alpha value is -1.54. The predicted octanol–water partition coefficient (Wildman–Crippen LogP) is 7.30. The maximum absolute atomic E-state index is 12.4. The second-order valence-corrected chi connectivity index (χ2v) is 7.21. The summed E-state index contributed by atoms with van der Waals surface area (Å²) in [5.41, 5.74) is 0.411. The number of carbonyl (C=O) groups is 1. The summed E-state index contributed by atoms with van der Waals surface area (Å²) in [5, 5.41) is 12.4. The van der Waals surface area contributed by atoms with Crippen LogP contribution in [0.2, 0.25) is 5.02 Å². The average molecular weight is 361 g/mol. The van der Waals surface area contributed by atoms with Crippen molar-refractivity contribution in [3.8, 4) is 5.75 Å². The minimum atomic E-state index is 0.0160. The number of halogens is 1. The molecule has 0 aliphatic carbocycles. The van der Waals surface area contributed by atoms with E-state index in [1.165, 1.54) is 44.9 Å². The van der Waals surface area contributed by atoms with Gasteiger partial charge in [-0.1, -0.05) is 88.1 Å². The van der Waals surface area contributed by atoms with Gasteiger partial charge in [0.05, 0.1) is 5.56 Å². The standard InChI is InChI=1S/C22H29ClO2/c1-2-3-4-5-6-7-8-9-10-14-21(24)19-16-15-17-18(22(19)25)12-11-13-20(17)23/h11-13,15-16,25H,2-10,14H2,1H3. The maximum atomic E-state index is 12.4. The fraction of sp³-hybridized carbons (Fsp3) is 0.500. The number of fused-ring (bicyclic) bond motifs is 1. The van der Waals surface area contributed by atoms with E-state index in [-0.39, 0.29) is 11.5 Å². The van der Waals surface area contributed by atoms with E-state index < -0.39 is 0 Å². The molecule has 0 amide bonds. The van der Waals surface area contributed by atoms with Gasteiger partial charge in [-0.15, -0.1) is 0 Å². The summed E-state index contributed by atoms with van der Waals surface area (Å²) < 4.78 is 0. The summed E-state index contributed by atoms with van der Waals surface area (Å²) in [6, 6.07) is 8.89. The van der Waals surface area contributed by atoms with Crippen LogP contribution in [0.1, 0.15) is 81.5 Å². The van der Waals surface area contributed by atoms with Crippen molar-refractivity contribution in [3.05, 3.63) is 40.9 Å². The van der Waals surface area contributed by atoms with Gasteiger partial charge in [0.2, 0.25) is 0 Å². The smallest absolute Gasteiger partial charge is 0.166 e. The van der Waals surface area contributed by atoms with Crippen molar-refractivity contribution >= 4 is 28.2 Å². The van der Waals surface area contributed by atoms with Crippen molar-refractivity contribution in [1.29, 1.82) is 0 Å². The SMILES string of the molecule is CCCCCCCCCCCC(=O)c1ccc2c(Cl)cccc2c1O. The summed E-state index contributed by atoms with van der Waals surface area (Å²) in [6.45, 7) is 2.24. The van der Waals surface area contributed by atoms with Crippen LogP contribution in [-0.2, 0) is 0 Å². The van der Waals surface area contributed by atoms with Crippen LogP contribution in [0.25, 0.3) is 10.8 Å². The molecule has 0 saturated heterocycles. The van der Waals surface area contributed by atoms with Crippen LogP contribution in [-0.4, -0.2) is 10.9 Å². The Bertz CT molecular complexity index is 694. The number of benzene rings is 2. The molecule has 0 heterocycles. The van der Waals surface area contributed by atoms with Crippen LogP contribution in [0.5, 0.6) is 5.75 Å². The van der Waals surface area contributed by atoms with Gasteiger partial charge in [0.1, 0.15) is 5.75 Å². The Labute approximate surface area is 156 Å². The van der Waals surface area contributed by atoms with E-state index in [1.807, 2.05) is 6.07 Å². The Morgan fingerprint density at radius 2 is 1.52 bits per heavy atom. The van der Waals surface area contributed by atoms with Crippen molar-refractivity contribution in [3.63, 3.8) is 0 Å². The monoisotopic (exact) mass is 360 g/mol. The molecule has 0 bridgehead atoms. The van der Waals surface area contributed by atoms with E-state index in [1.54, 1.807) is 24.3 Å². The summed E-state index contributed by atoms with van der Waals surface area (Å²) in [6.07, 6.45) is 11.5. The molecule has 0 saturated carbocycles. The number of phenolic OH excluding ortho intramolecular Hbond substituents is 1. The minimum Gasteiger partial charge on any atom is -0.507 e. The third kappa shape index (κ3) is 5.74. The lowest BCUT2D eigenvalue weighted by Crippen LogP contribution is -2.00. The third-order valence-corrected chi connectivity index (χ3v) is 5.12. The normalized spacial score (nSPS) is 11.1. The lowest BCUT2D eigenvalue weighted by atomic mass is 9.99. The zero-order valence-electron chi connectivity index (χ0n) is 15.2. The number of unbranched alkanes of at least 4 members (excludes halogenated alkanes) is 8. The molecule has 0 spiro atoms. The summed E-state index contributed by atoms with van der Waals surface area (Å²) in [5.74, 6) is 0.0724. The van der Waals surface area contributed by atoms with E-state index in [0.717, 1.165) is 18.2 Å². The highest BCUT2D eigenvalue weighted by molar-refractivity contribution is 6.35. The number of ketones is 1. The minimum absolute atomic E-state index is 0.0160. The van der Waals surface area contributed by atoms with E-state index in [0.29, 0.717) is 22.4 Å². The lowest BCUT2D eigenvalue weighted by Gasteiger charge is -2.08. The fourth-order valence-electron chi connectivity index (χ4n) is 3.26. The zero-order valence-corrected chi connectivity index (χ0v) is 15.9. The number of phenols is 1. The number of hydrogen-bond donors (Lipinski definition) is 1. The molecule has 0 fully saturated rings. The Kier molecular flexibility index (Phi) is 8.27. The molecular weight excluding hydrogens is 332 g/mol. The van der Waals surface area contributed by atoms with E-state index >= 15 is 0 Å². The number of rotatable bonds is 11. The molecule has 0 atom stereocenters. The first-order valence-corrected chi connectivity index (χ1v) is 9.96. The van der Waals surface area contributed by atoms with Crippen LogP contribution in [0.15, 0.2) is 30.3 Å². The van der Waals surface area contributed by atoms with E-state index in [9.17, 15) is 9.90 Å². The van der Waals surface area contributed by atoms with Gasteiger partial charge in [0.25, 0.3) is 0 Å². The van der Waals surface area contributed by atoms with Crippen LogP contribution >= 0.6 is 11.6 Å². The first-order valence-electron chi connectivity index (χ1n) is 9.58. The highest BCUT2D eigenvalue weighted by Gasteiger charge is 2.14. The maximum Gasteiger partial charge on any atom is 0.166 e. The van der Waals surface area contributed by atoms with Gasteiger partial charge in [-0.2, -0.15) is 0 Å². The van der Waals surface area contributed by atoms with Crippen molar-refractivity contribution in [2.45, 2.75) is 71.1 Å². The molecule has 0 radical (unpaired) electrons. The van der Waals surface area contributed by atoms with Crippen molar-refractivity contribution < 1.29 is 9.90 Å². The quantitative estimate of drug-likeness (QED) is 0.337. The first-order chi connectivity index (χ1) is 12.1. The summed E-state index contributed by atoms with van der Waals surface area (Å²) in [4.78, 5) is 12.4. The van der Waals surface area contributed by atoms with E-state index in [2.05, 4.69) is 6.92 Å². The molecule has 2 aromatic rings. The zero-order chi connectivity index (χ0) is 18.1. The molecule has 25 heavy (non-hydrogen) atoms. The van der Waals surface area contributed by atoms with Gasteiger partial charge in [-0.3, -0.25) is 4.79 Å². The highest BCUT2D eigenvalue weighted by atomic mass is 35.5. The second-order valence-electron chi connectivity index (χ2n) is 6.80. The topological polar surface area (TPSA) is 37.3 Å². The number of aromatic hydroxyl groups is 1. The Morgan fingerprint density at radius 1 is 0.880 bits per heavy atom. The molecule has 136 valence electrons. The first kappa shape index (κ1) is 19.8. The summed E-state index contributed by atoms with van der Waals surface area (Å²) >= 11 is 6.14. The average Bonchev–Trinajstić information content (AvgIpc) is 2.61. The molecule has 0 aliphatic heterocycles. The van der Waals surface area contributed by atoms with Gasteiger partial charge >= 0.3 is 0 Å². The third-order valence-electron chi connectivity index (χ3n) is 4.79. The largest absolute Gasteiger partial charge is 0.507 e. The van der Waals surface area contributed by atoms with Crippen LogP contribution < -0.4 is 0 Å². The molecule has 3 heteroatoms. The molecule has 2 rings (SSSR count). The van der Waals surface area contributed by atoms with Crippen molar-refractivity contribution in [1.82, 2.24) is 0 Å². The molecule has 0 aromatic heterocycles. The molecule has 2 nitrogen and oxygen atoms in total. The van der Waals surface area contributed by atoms with Crippen LogP contribution in [0.3, 0.4) is 0 Å². The Morgan fingerprint density at radius 3 is 2.20 bits per heavy atom. The molecule has 0 unspecified atom stereocenters. The highest BCUT2D eigenvalue weighted by Crippen LogP contribution is 2.33. The number of carbonyl (C=O) groups excluding carboxylic acids is 1. The van der Waals surface area contributed by atoms with Gasteiger partial charge in [0.15, 0.2) is 5.78 Å². The van der Waals surface area contributed by atoms with E-state index in [4.69, 9.17) is 11.6 Å². The summed E-state index contributed by atoms with van der Waals surface area (Å²) in [7, 11) is 0. The van der Waals surface area contributed by atoms with Gasteiger partial charge in [-0.05, 0) is 18.6 Å². The second kappa shape index (κ2) is 10.5. The van der Waals surface area contributed by atoms with Crippen LogP contribution in [0.4, 0.5) is 0 Å². The van der Waals surface area contributed by atoms with Crippen molar-refractivity contribution in [2.75, 3.05) is 0 Å². The fourth-order valence-corrected chi connectivity index (χ4v) is 3.50. The van der Waals surface area contributed by atoms with Crippen LogP contribution in [0, 0.1) is 0 Å². The molecular formula is C22H29ClO2.